The number of rotatable bonds is 1. The zero-order valence-electron chi connectivity index (χ0n) is 11.4. The Kier molecular flexibility index (Phi) is 4.27. The normalized spacial score (nSPS) is 12.1. The van der Waals surface area contributed by atoms with Gasteiger partial charge in [-0.2, -0.15) is 31.6 Å². The van der Waals surface area contributed by atoms with Crippen molar-refractivity contribution in [1.82, 2.24) is 0 Å². The molecule has 0 N–H and O–H groups in total. The molecule has 0 aliphatic carbocycles. The van der Waals surface area contributed by atoms with Crippen LogP contribution in [-0.2, 0) is 12.4 Å². The van der Waals surface area contributed by atoms with Crippen LogP contribution in [0.5, 0.6) is 0 Å². The van der Waals surface area contributed by atoms with E-state index in [1.807, 2.05) is 0 Å². The molecule has 0 spiro atoms. The van der Waals surface area contributed by atoms with Crippen molar-refractivity contribution in [2.24, 2.45) is 0 Å². The van der Waals surface area contributed by atoms with Crippen molar-refractivity contribution < 1.29 is 35.1 Å². The van der Waals surface area contributed by atoms with Crippen LogP contribution >= 0.6 is 0 Å². The van der Waals surface area contributed by atoms with Crippen molar-refractivity contribution in [2.75, 3.05) is 0 Å². The maximum atomic E-state index is 13.3. The SMILES string of the molecule is N#Cc1cc(F)c(F)cc1-c1cc(C(F)(F)F)cc(C(F)(F)F)c1. The summed E-state index contributed by atoms with van der Waals surface area (Å²) in [7, 11) is 0. The van der Waals surface area contributed by atoms with Crippen LogP contribution in [0.15, 0.2) is 30.3 Å². The Hall–Kier alpha value is -2.63. The molecule has 0 bridgehead atoms. The minimum Gasteiger partial charge on any atom is -0.204 e. The van der Waals surface area contributed by atoms with Crippen molar-refractivity contribution in [2.45, 2.75) is 12.4 Å². The Morgan fingerprint density at radius 2 is 1.17 bits per heavy atom. The number of halogens is 8. The van der Waals surface area contributed by atoms with Crippen LogP contribution in [0.4, 0.5) is 35.1 Å². The summed E-state index contributed by atoms with van der Waals surface area (Å²) in [6.07, 6.45) is -10.2. The van der Waals surface area contributed by atoms with Gasteiger partial charge >= 0.3 is 12.4 Å². The summed E-state index contributed by atoms with van der Waals surface area (Å²) < 4.78 is 103. The predicted molar refractivity (Wildman–Crippen MR) is 66.5 cm³/mol. The Balaban J connectivity index is 2.80. The van der Waals surface area contributed by atoms with E-state index in [9.17, 15) is 35.1 Å². The second kappa shape index (κ2) is 5.78. The van der Waals surface area contributed by atoms with Gasteiger partial charge in [-0.15, -0.1) is 0 Å². The third-order valence-corrected chi connectivity index (χ3v) is 3.08. The molecule has 126 valence electrons. The molecule has 0 heterocycles. The maximum Gasteiger partial charge on any atom is 0.416 e. The maximum absolute atomic E-state index is 13.3. The van der Waals surface area contributed by atoms with Crippen LogP contribution in [0.25, 0.3) is 11.1 Å². The minimum atomic E-state index is -5.10. The Labute approximate surface area is 129 Å². The third-order valence-electron chi connectivity index (χ3n) is 3.08. The Bertz CT molecular complexity index is 795. The quantitative estimate of drug-likeness (QED) is 0.619. The molecule has 0 aliphatic rings. The lowest BCUT2D eigenvalue weighted by Crippen LogP contribution is -2.11. The number of benzene rings is 2. The van der Waals surface area contributed by atoms with E-state index in [2.05, 4.69) is 0 Å². The highest BCUT2D eigenvalue weighted by Gasteiger charge is 2.37. The lowest BCUT2D eigenvalue weighted by atomic mass is 9.95. The highest BCUT2D eigenvalue weighted by molar-refractivity contribution is 5.72. The molecule has 24 heavy (non-hydrogen) atoms. The zero-order valence-corrected chi connectivity index (χ0v) is 11.4. The van der Waals surface area contributed by atoms with Crippen molar-refractivity contribution in [3.8, 4) is 17.2 Å². The summed E-state index contributed by atoms with van der Waals surface area (Å²) in [4.78, 5) is 0. The minimum absolute atomic E-state index is 0.102. The Morgan fingerprint density at radius 3 is 1.58 bits per heavy atom. The number of hydrogen-bond acceptors (Lipinski definition) is 1. The van der Waals surface area contributed by atoms with Gasteiger partial charge < -0.3 is 0 Å². The lowest BCUT2D eigenvalue weighted by Gasteiger charge is -2.15. The predicted octanol–water partition coefficient (Wildman–Crippen LogP) is 5.54. The van der Waals surface area contributed by atoms with E-state index in [1.165, 1.54) is 6.07 Å². The number of nitriles is 1. The first-order valence-electron chi connectivity index (χ1n) is 6.12. The summed E-state index contributed by atoms with van der Waals surface area (Å²) in [5.74, 6) is -2.95. The van der Waals surface area contributed by atoms with E-state index in [-0.39, 0.29) is 6.07 Å². The summed E-state index contributed by atoms with van der Waals surface area (Å²) in [5, 5.41) is 8.87. The molecule has 0 saturated heterocycles. The standard InChI is InChI=1S/C15H5F8N/c16-12-3-8(6-24)11(5-13(12)17)7-1-9(14(18,19)20)4-10(2-7)15(21,22)23/h1-5H. The van der Waals surface area contributed by atoms with Gasteiger partial charge in [-0.05, 0) is 35.9 Å². The van der Waals surface area contributed by atoms with Gasteiger partial charge in [0.25, 0.3) is 0 Å². The lowest BCUT2D eigenvalue weighted by molar-refractivity contribution is -0.143. The fourth-order valence-corrected chi connectivity index (χ4v) is 1.99. The monoisotopic (exact) mass is 351 g/mol. The molecule has 0 aromatic heterocycles. The molecule has 0 saturated carbocycles. The second-order valence-corrected chi connectivity index (χ2v) is 4.72. The molecule has 0 aliphatic heterocycles. The van der Waals surface area contributed by atoms with Crippen LogP contribution < -0.4 is 0 Å². The smallest absolute Gasteiger partial charge is 0.204 e. The highest BCUT2D eigenvalue weighted by Crippen LogP contribution is 2.39. The van der Waals surface area contributed by atoms with Gasteiger partial charge in [-0.3, -0.25) is 0 Å². The first kappa shape index (κ1) is 17.7. The van der Waals surface area contributed by atoms with Crippen molar-refractivity contribution in [1.29, 1.82) is 5.26 Å². The molecule has 9 heteroatoms. The topological polar surface area (TPSA) is 23.8 Å². The molecule has 0 unspecified atom stereocenters. The average Bonchev–Trinajstić information content (AvgIpc) is 2.47. The molecule has 0 amide bonds. The van der Waals surface area contributed by atoms with Crippen molar-refractivity contribution in [3.05, 3.63) is 58.7 Å². The summed E-state index contributed by atoms with van der Waals surface area (Å²) in [5.41, 5.74) is -5.12. The van der Waals surface area contributed by atoms with E-state index in [4.69, 9.17) is 5.26 Å². The zero-order chi connectivity index (χ0) is 18.3. The van der Waals surface area contributed by atoms with E-state index in [1.54, 1.807) is 0 Å². The molecule has 2 aromatic rings. The van der Waals surface area contributed by atoms with Gasteiger partial charge in [0, 0.05) is 5.56 Å². The van der Waals surface area contributed by atoms with E-state index < -0.39 is 51.8 Å². The van der Waals surface area contributed by atoms with E-state index in [0.717, 1.165) is 0 Å². The summed E-state index contributed by atoms with van der Waals surface area (Å²) >= 11 is 0. The van der Waals surface area contributed by atoms with Crippen LogP contribution in [0.2, 0.25) is 0 Å². The summed E-state index contributed by atoms with van der Waals surface area (Å²) in [6, 6.07) is 2.76. The van der Waals surface area contributed by atoms with Crippen LogP contribution in [-0.4, -0.2) is 0 Å². The first-order chi connectivity index (χ1) is 10.9. The van der Waals surface area contributed by atoms with Gasteiger partial charge in [-0.1, -0.05) is 0 Å². The average molecular weight is 351 g/mol. The van der Waals surface area contributed by atoms with Crippen LogP contribution in [0, 0.1) is 23.0 Å². The first-order valence-corrected chi connectivity index (χ1v) is 6.12. The molecule has 0 atom stereocenters. The highest BCUT2D eigenvalue weighted by atomic mass is 19.4. The van der Waals surface area contributed by atoms with Crippen molar-refractivity contribution in [3.63, 3.8) is 0 Å². The summed E-state index contributed by atoms with van der Waals surface area (Å²) in [6.45, 7) is 0. The van der Waals surface area contributed by atoms with Gasteiger partial charge in [0.15, 0.2) is 11.6 Å². The molecule has 2 aromatic carbocycles. The van der Waals surface area contributed by atoms with Gasteiger partial charge in [0.2, 0.25) is 0 Å². The van der Waals surface area contributed by atoms with Gasteiger partial charge in [0.1, 0.15) is 0 Å². The van der Waals surface area contributed by atoms with Gasteiger partial charge in [-0.25, -0.2) is 8.78 Å². The number of hydrogen-bond donors (Lipinski definition) is 0. The van der Waals surface area contributed by atoms with Crippen LogP contribution in [0.1, 0.15) is 16.7 Å². The van der Waals surface area contributed by atoms with Crippen molar-refractivity contribution >= 4 is 0 Å². The van der Waals surface area contributed by atoms with Crippen LogP contribution in [0.3, 0.4) is 0 Å². The Morgan fingerprint density at radius 1 is 0.708 bits per heavy atom. The third kappa shape index (κ3) is 3.48. The molecular weight excluding hydrogens is 346 g/mol. The molecular formula is C15H5F8N. The number of alkyl halides is 6. The van der Waals surface area contributed by atoms with Gasteiger partial charge in [0.05, 0.1) is 22.8 Å². The largest absolute Gasteiger partial charge is 0.416 e. The van der Waals surface area contributed by atoms with E-state index >= 15 is 0 Å². The molecule has 1 nitrogen and oxygen atoms in total. The second-order valence-electron chi connectivity index (χ2n) is 4.72. The molecule has 0 fully saturated rings. The molecule has 2 rings (SSSR count). The van der Waals surface area contributed by atoms with E-state index in [0.29, 0.717) is 24.3 Å². The fraction of sp³-hybridized carbons (Fsp3) is 0.133. The molecule has 0 radical (unpaired) electrons. The fourth-order valence-electron chi connectivity index (χ4n) is 1.99. The number of nitrogens with zero attached hydrogens (tertiary/aromatic N) is 1.